The second-order valence-electron chi connectivity index (χ2n) is 4.55. The Balaban J connectivity index is 2.39. The molecule has 0 saturated carbocycles. The summed E-state index contributed by atoms with van der Waals surface area (Å²) in [7, 11) is 0. The number of nitrogens with zero attached hydrogens (tertiary/aromatic N) is 4. The molecule has 1 atom stereocenters. The fourth-order valence-corrected chi connectivity index (χ4v) is 1.99. The lowest BCUT2D eigenvalue weighted by atomic mass is 10.4. The first-order chi connectivity index (χ1) is 10.7. The molecule has 2 heterocycles. The van der Waals surface area contributed by atoms with Crippen LogP contribution in [0.2, 0.25) is 0 Å². The molecule has 0 saturated heterocycles. The summed E-state index contributed by atoms with van der Waals surface area (Å²) in [6, 6.07) is 0. The quantitative estimate of drug-likeness (QED) is 0.417. The minimum atomic E-state index is -0.949. The van der Waals surface area contributed by atoms with E-state index in [2.05, 4.69) is 9.97 Å². The number of rotatable bonds is 8. The van der Waals surface area contributed by atoms with E-state index in [4.69, 9.17) is 20.1 Å². The molecule has 10 heteroatoms. The van der Waals surface area contributed by atoms with E-state index >= 15 is 0 Å². The van der Waals surface area contributed by atoms with Gasteiger partial charge in [0.2, 0.25) is 0 Å². The molecule has 0 aromatic carbocycles. The Morgan fingerprint density at radius 1 is 1.09 bits per heavy atom. The van der Waals surface area contributed by atoms with Crippen LogP contribution in [0.3, 0.4) is 0 Å². The molecule has 2 rings (SSSR count). The molecule has 22 heavy (non-hydrogen) atoms. The molecule has 0 spiro atoms. The summed E-state index contributed by atoms with van der Waals surface area (Å²) >= 11 is 0. The summed E-state index contributed by atoms with van der Waals surface area (Å²) in [6.07, 6.45) is 0.734. The van der Waals surface area contributed by atoms with Crippen molar-refractivity contribution < 1.29 is 25.2 Å². The van der Waals surface area contributed by atoms with Gasteiger partial charge < -0.3 is 25.2 Å². The van der Waals surface area contributed by atoms with Gasteiger partial charge in [-0.3, -0.25) is 13.9 Å². The van der Waals surface area contributed by atoms with Gasteiger partial charge in [0, 0.05) is 0 Å². The van der Waals surface area contributed by atoms with Gasteiger partial charge in [0.1, 0.15) is 12.4 Å². The molecule has 10 nitrogen and oxygen atoms in total. The molecule has 122 valence electrons. The molecular weight excluding hydrogens is 296 g/mol. The molecule has 0 fully saturated rings. The first kappa shape index (κ1) is 16.5. The van der Waals surface area contributed by atoms with E-state index in [1.165, 1.54) is 21.8 Å². The van der Waals surface area contributed by atoms with Crippen LogP contribution < -0.4 is 5.56 Å². The van der Waals surface area contributed by atoms with E-state index in [1.807, 2.05) is 0 Å². The number of imidazole rings is 1. The Hall–Kier alpha value is -1.85. The lowest BCUT2D eigenvalue weighted by molar-refractivity contribution is -0.110. The summed E-state index contributed by atoms with van der Waals surface area (Å²) in [5, 5.41) is 36.4. The van der Waals surface area contributed by atoms with Crippen molar-refractivity contribution in [1.29, 1.82) is 0 Å². The highest BCUT2D eigenvalue weighted by Crippen LogP contribution is 2.16. The Kier molecular flexibility index (Phi) is 5.57. The maximum atomic E-state index is 12.1. The highest BCUT2D eigenvalue weighted by Gasteiger charge is 2.20. The highest BCUT2D eigenvalue weighted by molar-refractivity contribution is 5.69. The van der Waals surface area contributed by atoms with Crippen molar-refractivity contribution in [1.82, 2.24) is 19.1 Å². The van der Waals surface area contributed by atoms with E-state index < -0.39 is 37.7 Å². The van der Waals surface area contributed by atoms with Crippen molar-refractivity contribution in [3.63, 3.8) is 0 Å². The first-order valence-corrected chi connectivity index (χ1v) is 6.67. The Morgan fingerprint density at radius 3 is 2.41 bits per heavy atom. The summed E-state index contributed by atoms with van der Waals surface area (Å²) in [4.78, 5) is 20.2. The molecule has 0 bridgehead atoms. The van der Waals surface area contributed by atoms with Crippen molar-refractivity contribution in [2.45, 2.75) is 18.9 Å². The SMILES string of the molecule is O=c1c2ncn([C@@H](CO)OC(CO)CO)c2ncn1CCO. The predicted molar refractivity (Wildman–Crippen MR) is 74.0 cm³/mol. The first-order valence-electron chi connectivity index (χ1n) is 6.67. The maximum absolute atomic E-state index is 12.1. The van der Waals surface area contributed by atoms with E-state index in [0.717, 1.165) is 0 Å². The van der Waals surface area contributed by atoms with Crippen molar-refractivity contribution >= 4 is 11.2 Å². The third-order valence-corrected chi connectivity index (χ3v) is 3.11. The second-order valence-corrected chi connectivity index (χ2v) is 4.55. The molecule has 2 aromatic rings. The molecule has 0 radical (unpaired) electrons. The van der Waals surface area contributed by atoms with Crippen LogP contribution >= 0.6 is 0 Å². The van der Waals surface area contributed by atoms with E-state index in [1.54, 1.807) is 0 Å². The molecular formula is C12H18N4O6. The van der Waals surface area contributed by atoms with E-state index in [0.29, 0.717) is 0 Å². The summed E-state index contributed by atoms with van der Waals surface area (Å²) in [5.74, 6) is 0. The van der Waals surface area contributed by atoms with Gasteiger partial charge in [-0.25, -0.2) is 9.97 Å². The zero-order valence-corrected chi connectivity index (χ0v) is 11.7. The summed E-state index contributed by atoms with van der Waals surface area (Å²) in [5.41, 5.74) is -0.147. The van der Waals surface area contributed by atoms with Gasteiger partial charge in [0.15, 0.2) is 17.4 Å². The van der Waals surface area contributed by atoms with Gasteiger partial charge >= 0.3 is 0 Å². The second kappa shape index (κ2) is 7.42. The molecule has 2 aromatic heterocycles. The lowest BCUT2D eigenvalue weighted by Gasteiger charge is -2.22. The fourth-order valence-electron chi connectivity index (χ4n) is 1.99. The monoisotopic (exact) mass is 314 g/mol. The number of aliphatic hydroxyl groups excluding tert-OH is 4. The molecule has 0 unspecified atom stereocenters. The fraction of sp³-hybridized carbons (Fsp3) is 0.583. The average Bonchev–Trinajstić information content (AvgIpc) is 2.96. The van der Waals surface area contributed by atoms with Gasteiger partial charge in [-0.15, -0.1) is 0 Å². The Labute approximate surface area is 124 Å². The zero-order chi connectivity index (χ0) is 16.1. The molecule has 0 aliphatic rings. The smallest absolute Gasteiger partial charge is 0.281 e. The largest absolute Gasteiger partial charge is 0.395 e. The van der Waals surface area contributed by atoms with E-state index in [9.17, 15) is 9.90 Å². The van der Waals surface area contributed by atoms with Crippen LogP contribution in [0.5, 0.6) is 0 Å². The maximum Gasteiger partial charge on any atom is 0.281 e. The van der Waals surface area contributed by atoms with Gasteiger partial charge in [0.05, 0.1) is 39.3 Å². The number of ether oxygens (including phenoxy) is 1. The standard InChI is InChI=1S/C12H18N4O6/c17-2-1-15-6-14-11-10(12(15)21)13-7-16(11)9(5-20)22-8(3-18)4-19/h6-9,17-20H,1-5H2/t9-/m1/s1. The van der Waals surface area contributed by atoms with Gasteiger partial charge in [-0.1, -0.05) is 0 Å². The van der Waals surface area contributed by atoms with Crippen LogP contribution in [0.1, 0.15) is 6.23 Å². The third kappa shape index (κ3) is 3.15. The van der Waals surface area contributed by atoms with Crippen LogP contribution in [0.25, 0.3) is 11.2 Å². The van der Waals surface area contributed by atoms with E-state index in [-0.39, 0.29) is 24.3 Å². The van der Waals surface area contributed by atoms with Crippen LogP contribution in [-0.2, 0) is 11.3 Å². The van der Waals surface area contributed by atoms with Crippen LogP contribution in [0, 0.1) is 0 Å². The summed E-state index contributed by atoms with van der Waals surface area (Å²) in [6.45, 7) is -1.40. The summed E-state index contributed by atoms with van der Waals surface area (Å²) < 4.78 is 7.92. The number of aliphatic hydroxyl groups is 4. The topological polar surface area (TPSA) is 143 Å². The number of hydrogen-bond donors (Lipinski definition) is 4. The number of hydrogen-bond acceptors (Lipinski definition) is 8. The lowest BCUT2D eigenvalue weighted by Crippen LogP contribution is -2.29. The molecule has 0 amide bonds. The van der Waals surface area contributed by atoms with Gasteiger partial charge in [-0.2, -0.15) is 0 Å². The number of fused-ring (bicyclic) bond motifs is 1. The predicted octanol–water partition coefficient (Wildman–Crippen LogP) is -2.55. The zero-order valence-electron chi connectivity index (χ0n) is 11.7. The molecule has 0 aliphatic heterocycles. The third-order valence-electron chi connectivity index (χ3n) is 3.11. The average molecular weight is 314 g/mol. The minimum absolute atomic E-state index is 0.0718. The van der Waals surface area contributed by atoms with Crippen LogP contribution in [0.4, 0.5) is 0 Å². The van der Waals surface area contributed by atoms with Crippen molar-refractivity contribution in [2.75, 3.05) is 26.4 Å². The van der Waals surface area contributed by atoms with Crippen molar-refractivity contribution in [3.8, 4) is 0 Å². The number of aromatic nitrogens is 4. The van der Waals surface area contributed by atoms with Crippen LogP contribution in [0.15, 0.2) is 17.4 Å². The Morgan fingerprint density at radius 2 is 1.82 bits per heavy atom. The molecule has 4 N–H and O–H groups in total. The minimum Gasteiger partial charge on any atom is -0.395 e. The van der Waals surface area contributed by atoms with Crippen LogP contribution in [-0.4, -0.2) is 72.1 Å². The normalized spacial score (nSPS) is 13.1. The highest BCUT2D eigenvalue weighted by atomic mass is 16.5. The molecule has 0 aliphatic carbocycles. The van der Waals surface area contributed by atoms with Crippen molar-refractivity contribution in [3.05, 3.63) is 23.0 Å². The van der Waals surface area contributed by atoms with Gasteiger partial charge in [0.25, 0.3) is 5.56 Å². The Bertz CT molecular complexity index is 665. The van der Waals surface area contributed by atoms with Gasteiger partial charge in [-0.05, 0) is 0 Å². The van der Waals surface area contributed by atoms with Crippen molar-refractivity contribution in [2.24, 2.45) is 0 Å².